The number of carbonyl (C=O) groups is 1. The van der Waals surface area contributed by atoms with E-state index < -0.39 is 12.0 Å². The SMILES string of the molecule is O=C(O)C1CCCN1c1cnc(Cl)cn1. The van der Waals surface area contributed by atoms with Gasteiger partial charge in [-0.2, -0.15) is 0 Å². The molecule has 1 unspecified atom stereocenters. The third-order valence-corrected chi connectivity index (χ3v) is 2.63. The molecule has 1 atom stereocenters. The van der Waals surface area contributed by atoms with Crippen LogP contribution in [0.4, 0.5) is 5.82 Å². The van der Waals surface area contributed by atoms with E-state index in [0.29, 0.717) is 23.9 Å². The summed E-state index contributed by atoms with van der Waals surface area (Å²) in [5.41, 5.74) is 0. The molecule has 15 heavy (non-hydrogen) atoms. The zero-order chi connectivity index (χ0) is 10.8. The number of carboxylic acids is 1. The fraction of sp³-hybridized carbons (Fsp3) is 0.444. The van der Waals surface area contributed by atoms with E-state index in [-0.39, 0.29) is 0 Å². The highest BCUT2D eigenvalue weighted by atomic mass is 35.5. The van der Waals surface area contributed by atoms with Crippen LogP contribution < -0.4 is 4.90 Å². The molecular weight excluding hydrogens is 218 g/mol. The van der Waals surface area contributed by atoms with Crippen molar-refractivity contribution >= 4 is 23.4 Å². The van der Waals surface area contributed by atoms with Crippen molar-refractivity contribution in [2.24, 2.45) is 0 Å². The molecule has 0 aliphatic carbocycles. The lowest BCUT2D eigenvalue weighted by Gasteiger charge is -2.21. The Balaban J connectivity index is 2.22. The summed E-state index contributed by atoms with van der Waals surface area (Å²) < 4.78 is 0. The summed E-state index contributed by atoms with van der Waals surface area (Å²) in [5.74, 6) is -0.242. The molecule has 6 heteroatoms. The fourth-order valence-corrected chi connectivity index (χ4v) is 1.85. The summed E-state index contributed by atoms with van der Waals surface area (Å²) in [5, 5.41) is 9.29. The molecule has 1 aromatic rings. The van der Waals surface area contributed by atoms with Crippen LogP contribution in [-0.2, 0) is 4.79 Å². The molecule has 0 spiro atoms. The summed E-state index contributed by atoms with van der Waals surface area (Å²) in [6.45, 7) is 0.702. The first kappa shape index (κ1) is 10.2. The number of aromatic nitrogens is 2. The van der Waals surface area contributed by atoms with E-state index in [1.807, 2.05) is 0 Å². The van der Waals surface area contributed by atoms with Crippen molar-refractivity contribution < 1.29 is 9.90 Å². The van der Waals surface area contributed by atoms with Crippen molar-refractivity contribution in [3.63, 3.8) is 0 Å². The van der Waals surface area contributed by atoms with Crippen LogP contribution in [0.2, 0.25) is 5.15 Å². The average Bonchev–Trinajstić information content (AvgIpc) is 2.67. The molecule has 1 aromatic heterocycles. The van der Waals surface area contributed by atoms with E-state index in [1.165, 1.54) is 12.4 Å². The van der Waals surface area contributed by atoms with Gasteiger partial charge in [0.25, 0.3) is 0 Å². The number of hydrogen-bond acceptors (Lipinski definition) is 4. The van der Waals surface area contributed by atoms with Gasteiger partial charge in [-0.05, 0) is 12.8 Å². The van der Waals surface area contributed by atoms with E-state index in [9.17, 15) is 4.79 Å². The molecule has 0 saturated carbocycles. The van der Waals surface area contributed by atoms with Gasteiger partial charge < -0.3 is 10.0 Å². The maximum absolute atomic E-state index is 10.9. The van der Waals surface area contributed by atoms with E-state index in [1.54, 1.807) is 4.90 Å². The summed E-state index contributed by atoms with van der Waals surface area (Å²) >= 11 is 5.61. The Bertz CT molecular complexity index is 368. The van der Waals surface area contributed by atoms with Crippen molar-refractivity contribution in [1.82, 2.24) is 9.97 Å². The van der Waals surface area contributed by atoms with Gasteiger partial charge in [0.2, 0.25) is 0 Å². The number of hydrogen-bond donors (Lipinski definition) is 1. The molecule has 1 aliphatic heterocycles. The number of rotatable bonds is 2. The first-order valence-corrected chi connectivity index (χ1v) is 5.03. The third-order valence-electron chi connectivity index (χ3n) is 2.44. The zero-order valence-electron chi connectivity index (χ0n) is 7.93. The molecule has 0 radical (unpaired) electrons. The van der Waals surface area contributed by atoms with Gasteiger partial charge in [0.1, 0.15) is 17.0 Å². The lowest BCUT2D eigenvalue weighted by molar-refractivity contribution is -0.138. The largest absolute Gasteiger partial charge is 0.480 e. The smallest absolute Gasteiger partial charge is 0.326 e. The Morgan fingerprint density at radius 1 is 1.53 bits per heavy atom. The van der Waals surface area contributed by atoms with Crippen LogP contribution in [0.3, 0.4) is 0 Å². The number of halogens is 1. The molecule has 80 valence electrons. The zero-order valence-corrected chi connectivity index (χ0v) is 8.68. The highest BCUT2D eigenvalue weighted by Gasteiger charge is 2.31. The second kappa shape index (κ2) is 4.02. The number of carboxylic acid groups (broad SMARTS) is 1. The molecule has 1 aliphatic rings. The van der Waals surface area contributed by atoms with Crippen LogP contribution in [-0.4, -0.2) is 33.6 Å². The van der Waals surface area contributed by atoms with Crippen molar-refractivity contribution in [3.05, 3.63) is 17.5 Å². The summed E-state index contributed by atoms with van der Waals surface area (Å²) in [6, 6.07) is -0.486. The Labute approximate surface area is 91.7 Å². The topological polar surface area (TPSA) is 66.3 Å². The molecule has 1 N–H and O–H groups in total. The predicted octanol–water partition coefficient (Wildman–Crippen LogP) is 1.18. The number of aliphatic carboxylic acids is 1. The van der Waals surface area contributed by atoms with Gasteiger partial charge >= 0.3 is 5.97 Å². The highest BCUT2D eigenvalue weighted by molar-refractivity contribution is 6.29. The lowest BCUT2D eigenvalue weighted by atomic mass is 10.2. The van der Waals surface area contributed by atoms with Crippen LogP contribution in [0.25, 0.3) is 0 Å². The van der Waals surface area contributed by atoms with E-state index in [4.69, 9.17) is 16.7 Å². The molecule has 1 saturated heterocycles. The second-order valence-electron chi connectivity index (χ2n) is 3.39. The maximum Gasteiger partial charge on any atom is 0.326 e. The van der Waals surface area contributed by atoms with Crippen molar-refractivity contribution in [1.29, 1.82) is 0 Å². The van der Waals surface area contributed by atoms with Gasteiger partial charge in [0.15, 0.2) is 0 Å². The molecule has 5 nitrogen and oxygen atoms in total. The van der Waals surface area contributed by atoms with E-state index in [0.717, 1.165) is 6.42 Å². The van der Waals surface area contributed by atoms with Crippen molar-refractivity contribution in [2.75, 3.05) is 11.4 Å². The number of anilines is 1. The summed E-state index contributed by atoms with van der Waals surface area (Å²) in [6.07, 6.45) is 4.44. The highest BCUT2D eigenvalue weighted by Crippen LogP contribution is 2.23. The molecule has 0 bridgehead atoms. The Hall–Kier alpha value is -1.36. The Morgan fingerprint density at radius 3 is 2.93 bits per heavy atom. The van der Waals surface area contributed by atoms with Crippen molar-refractivity contribution in [3.8, 4) is 0 Å². The molecule has 0 amide bonds. The monoisotopic (exact) mass is 227 g/mol. The molecule has 0 aromatic carbocycles. The van der Waals surface area contributed by atoms with Gasteiger partial charge in [-0.3, -0.25) is 0 Å². The Morgan fingerprint density at radius 2 is 2.33 bits per heavy atom. The van der Waals surface area contributed by atoms with Crippen LogP contribution >= 0.6 is 11.6 Å². The van der Waals surface area contributed by atoms with Gasteiger partial charge in [0, 0.05) is 6.54 Å². The van der Waals surface area contributed by atoms with Crippen LogP contribution in [0.1, 0.15) is 12.8 Å². The van der Waals surface area contributed by atoms with Gasteiger partial charge in [-0.25, -0.2) is 14.8 Å². The standard InChI is InChI=1S/C9H10ClN3O2/c10-7-4-12-8(5-11-7)13-3-1-2-6(13)9(14)15/h4-6H,1-3H2,(H,14,15). The minimum atomic E-state index is -0.816. The predicted molar refractivity (Wildman–Crippen MR) is 55.0 cm³/mol. The lowest BCUT2D eigenvalue weighted by Crippen LogP contribution is -2.36. The summed E-state index contributed by atoms with van der Waals surface area (Å²) in [7, 11) is 0. The van der Waals surface area contributed by atoms with Crippen molar-refractivity contribution in [2.45, 2.75) is 18.9 Å². The Kier molecular flexibility index (Phi) is 2.73. The van der Waals surface area contributed by atoms with Crippen LogP contribution in [0.5, 0.6) is 0 Å². The minimum absolute atomic E-state index is 0.310. The van der Waals surface area contributed by atoms with Crippen LogP contribution in [0.15, 0.2) is 12.4 Å². The average molecular weight is 228 g/mol. The van der Waals surface area contributed by atoms with E-state index in [2.05, 4.69) is 9.97 Å². The third kappa shape index (κ3) is 2.02. The molecule has 2 heterocycles. The van der Waals surface area contributed by atoms with E-state index >= 15 is 0 Å². The van der Waals surface area contributed by atoms with Gasteiger partial charge in [-0.1, -0.05) is 11.6 Å². The molecule has 1 fully saturated rings. The first-order valence-electron chi connectivity index (χ1n) is 4.65. The second-order valence-corrected chi connectivity index (χ2v) is 3.77. The van der Waals surface area contributed by atoms with Gasteiger partial charge in [-0.15, -0.1) is 0 Å². The van der Waals surface area contributed by atoms with Crippen LogP contribution in [0, 0.1) is 0 Å². The normalized spacial score (nSPS) is 20.6. The minimum Gasteiger partial charge on any atom is -0.480 e. The quantitative estimate of drug-likeness (QED) is 0.822. The first-order chi connectivity index (χ1) is 7.18. The number of nitrogens with zero attached hydrogens (tertiary/aromatic N) is 3. The molecular formula is C9H10ClN3O2. The van der Waals surface area contributed by atoms with Gasteiger partial charge in [0.05, 0.1) is 12.4 Å². The summed E-state index contributed by atoms with van der Waals surface area (Å²) in [4.78, 5) is 20.6. The fourth-order valence-electron chi connectivity index (χ4n) is 1.75. The maximum atomic E-state index is 10.9. The molecule has 2 rings (SSSR count).